The van der Waals surface area contributed by atoms with E-state index in [4.69, 9.17) is 0 Å². The average molecular weight is 286 g/mol. The molecule has 0 saturated heterocycles. The fourth-order valence-electron chi connectivity index (χ4n) is 2.70. The van der Waals surface area contributed by atoms with E-state index in [1.807, 2.05) is 4.57 Å². The first-order valence-corrected chi connectivity index (χ1v) is 6.81. The number of imidazole rings is 1. The third-order valence-electron chi connectivity index (χ3n) is 3.80. The molecule has 0 radical (unpaired) electrons. The van der Waals surface area contributed by atoms with Crippen molar-refractivity contribution >= 4 is 11.0 Å². The van der Waals surface area contributed by atoms with E-state index in [0.717, 1.165) is 12.8 Å². The maximum atomic E-state index is 14.1. The molecule has 0 aliphatic heterocycles. The fourth-order valence-corrected chi connectivity index (χ4v) is 2.70. The first-order chi connectivity index (χ1) is 10.2. The Hall–Kier alpha value is -2.43. The van der Waals surface area contributed by atoms with Crippen LogP contribution >= 0.6 is 0 Å². The number of rotatable bonds is 2. The van der Waals surface area contributed by atoms with Crippen molar-refractivity contribution in [2.45, 2.75) is 18.9 Å². The lowest BCUT2D eigenvalue weighted by Crippen LogP contribution is -1.99. The Labute approximate surface area is 119 Å². The van der Waals surface area contributed by atoms with Gasteiger partial charge in [0.25, 0.3) is 0 Å². The molecule has 21 heavy (non-hydrogen) atoms. The summed E-state index contributed by atoms with van der Waals surface area (Å²) in [5.41, 5.74) is 0.872. The Morgan fingerprint density at radius 2 is 1.76 bits per heavy atom. The van der Waals surface area contributed by atoms with Crippen LogP contribution in [0.4, 0.5) is 8.78 Å². The van der Waals surface area contributed by atoms with Gasteiger partial charge < -0.3 is 9.67 Å². The van der Waals surface area contributed by atoms with E-state index in [9.17, 15) is 13.9 Å². The number of phenols is 1. The van der Waals surface area contributed by atoms with Crippen molar-refractivity contribution in [3.8, 4) is 17.1 Å². The zero-order valence-electron chi connectivity index (χ0n) is 11.1. The van der Waals surface area contributed by atoms with Gasteiger partial charge in [0, 0.05) is 6.04 Å². The summed E-state index contributed by atoms with van der Waals surface area (Å²) in [6, 6.07) is 9.00. The molecule has 1 saturated carbocycles. The summed E-state index contributed by atoms with van der Waals surface area (Å²) in [6.45, 7) is 0. The molecule has 1 aliphatic carbocycles. The van der Waals surface area contributed by atoms with Crippen LogP contribution in [0.3, 0.4) is 0 Å². The molecule has 106 valence electrons. The zero-order chi connectivity index (χ0) is 14.6. The zero-order valence-corrected chi connectivity index (χ0v) is 11.1. The highest BCUT2D eigenvalue weighted by molar-refractivity contribution is 5.83. The lowest BCUT2D eigenvalue weighted by Gasteiger charge is -2.09. The van der Waals surface area contributed by atoms with Gasteiger partial charge in [0.05, 0.1) is 11.1 Å². The summed E-state index contributed by atoms with van der Waals surface area (Å²) in [7, 11) is 0. The van der Waals surface area contributed by atoms with E-state index in [0.29, 0.717) is 5.52 Å². The summed E-state index contributed by atoms with van der Waals surface area (Å²) in [4.78, 5) is 4.25. The van der Waals surface area contributed by atoms with E-state index < -0.39 is 11.6 Å². The molecule has 0 atom stereocenters. The fraction of sp³-hybridized carbons (Fsp3) is 0.188. The number of halogens is 2. The van der Waals surface area contributed by atoms with Crippen molar-refractivity contribution in [2.75, 3.05) is 0 Å². The van der Waals surface area contributed by atoms with E-state index in [2.05, 4.69) is 4.98 Å². The van der Waals surface area contributed by atoms with Crippen LogP contribution in [0.1, 0.15) is 18.9 Å². The van der Waals surface area contributed by atoms with Gasteiger partial charge >= 0.3 is 0 Å². The van der Waals surface area contributed by atoms with Gasteiger partial charge in [0.15, 0.2) is 5.82 Å². The third kappa shape index (κ3) is 1.81. The summed E-state index contributed by atoms with van der Waals surface area (Å²) in [6.07, 6.45) is 1.90. The van der Waals surface area contributed by atoms with Crippen LogP contribution in [0.15, 0.2) is 36.4 Å². The van der Waals surface area contributed by atoms with E-state index >= 15 is 0 Å². The smallest absolute Gasteiger partial charge is 0.151 e. The molecule has 4 rings (SSSR count). The Morgan fingerprint density at radius 3 is 2.48 bits per heavy atom. The van der Waals surface area contributed by atoms with Crippen molar-refractivity contribution < 1.29 is 13.9 Å². The number of fused-ring (bicyclic) bond motifs is 1. The highest BCUT2D eigenvalue weighted by Crippen LogP contribution is 2.43. The molecule has 2 aromatic carbocycles. The van der Waals surface area contributed by atoms with Crippen LogP contribution in [-0.4, -0.2) is 14.7 Å². The minimum Gasteiger partial charge on any atom is -0.507 e. The molecule has 3 nitrogen and oxygen atoms in total. The summed E-state index contributed by atoms with van der Waals surface area (Å²) < 4.78 is 29.9. The summed E-state index contributed by atoms with van der Waals surface area (Å²) in [5.74, 6) is -0.905. The molecule has 3 aromatic rings. The van der Waals surface area contributed by atoms with Crippen molar-refractivity contribution in [3.05, 3.63) is 48.0 Å². The first-order valence-electron chi connectivity index (χ1n) is 6.81. The minimum absolute atomic E-state index is 0.0278. The number of hydrogen-bond acceptors (Lipinski definition) is 2. The molecule has 0 spiro atoms. The lowest BCUT2D eigenvalue weighted by molar-refractivity contribution is 0.470. The molecule has 1 aromatic heterocycles. The molecular weight excluding hydrogens is 274 g/mol. The van der Waals surface area contributed by atoms with Gasteiger partial charge in [-0.1, -0.05) is 12.1 Å². The molecule has 1 heterocycles. The number of nitrogens with zero attached hydrogens (tertiary/aromatic N) is 2. The molecule has 0 unspecified atom stereocenters. The van der Waals surface area contributed by atoms with Gasteiger partial charge in [-0.15, -0.1) is 0 Å². The van der Waals surface area contributed by atoms with Gasteiger partial charge in [-0.05, 0) is 37.1 Å². The van der Waals surface area contributed by atoms with Crippen LogP contribution in [0.25, 0.3) is 22.4 Å². The van der Waals surface area contributed by atoms with Crippen molar-refractivity contribution in [3.63, 3.8) is 0 Å². The monoisotopic (exact) mass is 286 g/mol. The van der Waals surface area contributed by atoms with E-state index in [-0.39, 0.29) is 28.7 Å². The standard InChI is InChI=1S/C16H12F2N2O/c17-10-3-2-6-13(21)14(10)16-19-15-11(18)4-1-5-12(15)20(16)9-7-8-9/h1-6,9,21H,7-8H2. The molecule has 0 bridgehead atoms. The van der Waals surface area contributed by atoms with Crippen molar-refractivity contribution in [2.24, 2.45) is 0 Å². The second-order valence-corrected chi connectivity index (χ2v) is 5.28. The quantitative estimate of drug-likeness (QED) is 0.772. The van der Waals surface area contributed by atoms with Crippen LogP contribution in [0.2, 0.25) is 0 Å². The predicted octanol–water partition coefficient (Wildman–Crippen LogP) is 4.02. The van der Waals surface area contributed by atoms with Crippen LogP contribution in [0.5, 0.6) is 5.75 Å². The normalized spacial score (nSPS) is 14.8. The van der Waals surface area contributed by atoms with Gasteiger partial charge in [-0.3, -0.25) is 0 Å². The number of hydrogen-bond donors (Lipinski definition) is 1. The summed E-state index contributed by atoms with van der Waals surface area (Å²) >= 11 is 0. The molecule has 5 heteroatoms. The average Bonchev–Trinajstić information content (AvgIpc) is 3.21. The highest BCUT2D eigenvalue weighted by atomic mass is 19.1. The summed E-state index contributed by atoms with van der Waals surface area (Å²) in [5, 5.41) is 9.98. The van der Waals surface area contributed by atoms with Crippen molar-refractivity contribution in [1.29, 1.82) is 0 Å². The van der Waals surface area contributed by atoms with E-state index in [1.54, 1.807) is 12.1 Å². The van der Waals surface area contributed by atoms with Gasteiger partial charge in [-0.25, -0.2) is 13.8 Å². The van der Waals surface area contributed by atoms with Crippen molar-refractivity contribution in [1.82, 2.24) is 9.55 Å². The number of aromatic hydroxyl groups is 1. The predicted molar refractivity (Wildman–Crippen MR) is 75.0 cm³/mol. The molecule has 1 fully saturated rings. The molecule has 0 amide bonds. The Kier molecular flexibility index (Phi) is 2.51. The molecular formula is C16H12F2N2O. The largest absolute Gasteiger partial charge is 0.507 e. The van der Waals surface area contributed by atoms with Crippen LogP contribution < -0.4 is 0 Å². The van der Waals surface area contributed by atoms with Gasteiger partial charge in [0.2, 0.25) is 0 Å². The molecule has 1 N–H and O–H groups in total. The number of aromatic nitrogens is 2. The first kappa shape index (κ1) is 12.3. The highest BCUT2D eigenvalue weighted by Gasteiger charge is 2.31. The van der Waals surface area contributed by atoms with Gasteiger partial charge in [-0.2, -0.15) is 0 Å². The second-order valence-electron chi connectivity index (χ2n) is 5.28. The Bertz CT molecular complexity index is 833. The van der Waals surface area contributed by atoms with Crippen LogP contribution in [-0.2, 0) is 0 Å². The maximum Gasteiger partial charge on any atom is 0.151 e. The topological polar surface area (TPSA) is 38.1 Å². The minimum atomic E-state index is -0.562. The van der Waals surface area contributed by atoms with Crippen LogP contribution in [0, 0.1) is 11.6 Å². The SMILES string of the molecule is Oc1cccc(F)c1-c1nc2c(F)cccc2n1C1CC1. The van der Waals surface area contributed by atoms with Gasteiger partial charge in [0.1, 0.15) is 22.9 Å². The number of para-hydroxylation sites is 1. The maximum absolute atomic E-state index is 14.1. The Morgan fingerprint density at radius 1 is 1.05 bits per heavy atom. The Balaban J connectivity index is 2.09. The lowest BCUT2D eigenvalue weighted by atomic mass is 10.1. The van der Waals surface area contributed by atoms with E-state index in [1.165, 1.54) is 24.3 Å². The number of phenolic OH excluding ortho intramolecular Hbond substituents is 1. The third-order valence-corrected chi connectivity index (χ3v) is 3.80. The molecule has 1 aliphatic rings. The second kappa shape index (κ2) is 4.28. The number of benzene rings is 2.